The van der Waals surface area contributed by atoms with Crippen LogP contribution >= 0.6 is 0 Å². The number of ether oxygens (including phenoxy) is 1. The van der Waals surface area contributed by atoms with Crippen molar-refractivity contribution in [3.63, 3.8) is 0 Å². The minimum atomic E-state index is -0.948. The molecule has 122 valence electrons. The van der Waals surface area contributed by atoms with Crippen LogP contribution in [-0.2, 0) is 14.4 Å². The average molecular weight is 301 g/mol. The molecule has 0 aromatic heterocycles. The van der Waals surface area contributed by atoms with Gasteiger partial charge in [0.2, 0.25) is 0 Å². The van der Waals surface area contributed by atoms with E-state index in [1.165, 1.54) is 0 Å². The van der Waals surface area contributed by atoms with Crippen LogP contribution in [-0.4, -0.2) is 35.4 Å². The molecule has 0 saturated carbocycles. The molecular formula is C15H27NO5. The number of carboxylic acid groups (broad SMARTS) is 1. The summed E-state index contributed by atoms with van der Waals surface area (Å²) in [5, 5.41) is 10.2. The van der Waals surface area contributed by atoms with Gasteiger partial charge in [0.25, 0.3) is 0 Å². The van der Waals surface area contributed by atoms with E-state index in [9.17, 15) is 14.7 Å². The quantitative estimate of drug-likeness (QED) is 0.380. The Morgan fingerprint density at radius 1 is 1.33 bits per heavy atom. The van der Waals surface area contributed by atoms with Gasteiger partial charge in [0.1, 0.15) is 0 Å². The fourth-order valence-corrected chi connectivity index (χ4v) is 1.72. The number of allylic oxidation sites excluding steroid dienone is 1. The summed E-state index contributed by atoms with van der Waals surface area (Å²) in [6, 6.07) is 0. The van der Waals surface area contributed by atoms with Crippen molar-refractivity contribution in [3.8, 4) is 0 Å². The molecule has 0 saturated heterocycles. The third kappa shape index (κ3) is 9.07. The van der Waals surface area contributed by atoms with Crippen molar-refractivity contribution in [2.24, 2.45) is 11.8 Å². The highest BCUT2D eigenvalue weighted by atomic mass is 16.7. The highest BCUT2D eigenvalue weighted by Crippen LogP contribution is 2.15. The second-order valence-corrected chi connectivity index (χ2v) is 5.48. The van der Waals surface area contributed by atoms with Crippen molar-refractivity contribution in [1.29, 1.82) is 0 Å². The van der Waals surface area contributed by atoms with E-state index < -0.39 is 18.0 Å². The molecule has 0 heterocycles. The van der Waals surface area contributed by atoms with Crippen molar-refractivity contribution < 1.29 is 24.3 Å². The molecule has 1 atom stereocenters. The number of amides is 1. The molecule has 21 heavy (non-hydrogen) atoms. The Balaban J connectivity index is 4.78. The van der Waals surface area contributed by atoms with E-state index in [1.54, 1.807) is 6.92 Å². The first kappa shape index (κ1) is 19.4. The lowest BCUT2D eigenvalue weighted by Crippen LogP contribution is -2.38. The fourth-order valence-electron chi connectivity index (χ4n) is 1.72. The molecule has 0 unspecified atom stereocenters. The normalized spacial score (nSPS) is 12.0. The summed E-state index contributed by atoms with van der Waals surface area (Å²) < 4.78 is 4.90. The number of rotatable bonds is 10. The van der Waals surface area contributed by atoms with Crippen LogP contribution in [0.5, 0.6) is 0 Å². The summed E-state index contributed by atoms with van der Waals surface area (Å²) in [7, 11) is 0. The van der Waals surface area contributed by atoms with Crippen molar-refractivity contribution in [2.45, 2.75) is 47.0 Å². The van der Waals surface area contributed by atoms with Crippen LogP contribution in [0.4, 0.5) is 4.79 Å². The third-order valence-electron chi connectivity index (χ3n) is 2.70. The number of nitrogens with zero attached hydrogens (tertiary/aromatic N) is 1. The molecule has 6 heteroatoms. The minimum Gasteiger partial charge on any atom is -0.481 e. The lowest BCUT2D eigenvalue weighted by atomic mass is 9.97. The second-order valence-electron chi connectivity index (χ2n) is 5.48. The molecule has 0 rings (SSSR count). The van der Waals surface area contributed by atoms with Crippen molar-refractivity contribution in [2.75, 3.05) is 13.2 Å². The number of carboxylic acids is 1. The predicted molar refractivity (Wildman–Crippen MR) is 79.4 cm³/mol. The van der Waals surface area contributed by atoms with Crippen molar-refractivity contribution in [1.82, 2.24) is 5.06 Å². The van der Waals surface area contributed by atoms with Gasteiger partial charge in [-0.2, -0.15) is 5.06 Å². The van der Waals surface area contributed by atoms with E-state index in [4.69, 9.17) is 9.57 Å². The van der Waals surface area contributed by atoms with Crippen molar-refractivity contribution >= 4 is 12.1 Å². The third-order valence-corrected chi connectivity index (χ3v) is 2.70. The maximum Gasteiger partial charge on any atom is 0.439 e. The molecule has 0 aliphatic rings. The first-order valence-corrected chi connectivity index (χ1v) is 7.28. The fraction of sp³-hybridized carbons (Fsp3) is 0.733. The van der Waals surface area contributed by atoms with Crippen LogP contribution in [0.15, 0.2) is 12.3 Å². The maximum absolute atomic E-state index is 11.9. The van der Waals surface area contributed by atoms with Gasteiger partial charge in [-0.15, -0.1) is 0 Å². The number of carbonyl (C=O) groups is 2. The first-order valence-electron chi connectivity index (χ1n) is 7.28. The molecule has 0 aromatic carbocycles. The number of hydroxylamine groups is 2. The average Bonchev–Trinajstić information content (AvgIpc) is 2.34. The summed E-state index contributed by atoms with van der Waals surface area (Å²) in [6.45, 7) is 11.2. The van der Waals surface area contributed by atoms with Gasteiger partial charge in [-0.05, 0) is 25.7 Å². The Bertz CT molecular complexity index is 354. The number of carbonyl (C=O) groups excluding carboxylic acids is 1. The number of aliphatic carboxylic acids is 1. The maximum atomic E-state index is 11.9. The monoisotopic (exact) mass is 301 g/mol. The molecule has 6 nitrogen and oxygen atoms in total. The van der Waals surface area contributed by atoms with E-state index >= 15 is 0 Å². The lowest BCUT2D eigenvalue weighted by Gasteiger charge is -2.25. The molecular weight excluding hydrogens is 274 g/mol. The lowest BCUT2D eigenvalue weighted by molar-refractivity contribution is -0.159. The number of unbranched alkanes of at least 4 members (excludes halogenated alkanes) is 1. The van der Waals surface area contributed by atoms with Crippen molar-refractivity contribution in [3.05, 3.63) is 12.3 Å². The van der Waals surface area contributed by atoms with E-state index in [0.29, 0.717) is 13.0 Å². The first-order chi connectivity index (χ1) is 9.77. The standard InChI is InChI=1S/C15H27NO5/c1-6-7-8-20-16(15(19)21-12(4)5)10-13(14(17)18)9-11(2)3/h11,13H,4,6-10H2,1-3,5H3,(H,17,18)/t13-/m0/s1. The summed E-state index contributed by atoms with van der Waals surface area (Å²) >= 11 is 0. The van der Waals surface area contributed by atoms with E-state index in [-0.39, 0.29) is 18.2 Å². The van der Waals surface area contributed by atoms with Gasteiger partial charge in [0.05, 0.1) is 24.8 Å². The zero-order valence-corrected chi connectivity index (χ0v) is 13.4. The molecule has 0 aliphatic heterocycles. The van der Waals surface area contributed by atoms with E-state index in [2.05, 4.69) is 6.58 Å². The highest BCUT2D eigenvalue weighted by molar-refractivity contribution is 5.72. The van der Waals surface area contributed by atoms with Crippen LogP contribution in [0.1, 0.15) is 47.0 Å². The smallest absolute Gasteiger partial charge is 0.439 e. The van der Waals surface area contributed by atoms with E-state index in [1.807, 2.05) is 20.8 Å². The van der Waals surface area contributed by atoms with Gasteiger partial charge >= 0.3 is 12.1 Å². The molecule has 1 N–H and O–H groups in total. The number of hydrogen-bond acceptors (Lipinski definition) is 4. The van der Waals surface area contributed by atoms with Crippen LogP contribution in [0.2, 0.25) is 0 Å². The Morgan fingerprint density at radius 3 is 2.38 bits per heavy atom. The predicted octanol–water partition coefficient (Wildman–Crippen LogP) is 3.44. The Labute approximate surface area is 126 Å². The summed E-state index contributed by atoms with van der Waals surface area (Å²) in [5.41, 5.74) is 0. The summed E-state index contributed by atoms with van der Waals surface area (Å²) in [5.74, 6) is -1.19. The Kier molecular flexibility index (Phi) is 9.45. The molecule has 0 aromatic rings. The van der Waals surface area contributed by atoms with Gasteiger partial charge in [-0.25, -0.2) is 4.79 Å². The molecule has 0 fully saturated rings. The summed E-state index contributed by atoms with van der Waals surface area (Å²) in [6.07, 6.45) is 1.42. The number of hydrogen-bond donors (Lipinski definition) is 1. The van der Waals surface area contributed by atoms with Gasteiger partial charge in [-0.1, -0.05) is 33.8 Å². The van der Waals surface area contributed by atoms with Crippen LogP contribution in [0.25, 0.3) is 0 Å². The molecule has 0 bridgehead atoms. The van der Waals surface area contributed by atoms with Gasteiger partial charge in [-0.3, -0.25) is 9.63 Å². The largest absolute Gasteiger partial charge is 0.481 e. The Morgan fingerprint density at radius 2 is 1.95 bits per heavy atom. The summed E-state index contributed by atoms with van der Waals surface area (Å²) in [4.78, 5) is 28.6. The van der Waals surface area contributed by atoms with Gasteiger partial charge in [0, 0.05) is 0 Å². The van der Waals surface area contributed by atoms with Crippen LogP contribution in [0.3, 0.4) is 0 Å². The molecule has 0 radical (unpaired) electrons. The van der Waals surface area contributed by atoms with Gasteiger partial charge in [0.15, 0.2) is 0 Å². The Hall–Kier alpha value is -1.56. The molecule has 0 spiro atoms. The van der Waals surface area contributed by atoms with Crippen LogP contribution in [0, 0.1) is 11.8 Å². The molecule has 0 aliphatic carbocycles. The van der Waals surface area contributed by atoms with E-state index in [0.717, 1.165) is 17.9 Å². The minimum absolute atomic E-state index is 0.0384. The molecule has 1 amide bonds. The van der Waals surface area contributed by atoms with Crippen LogP contribution < -0.4 is 0 Å². The topological polar surface area (TPSA) is 76.1 Å². The van der Waals surface area contributed by atoms with Gasteiger partial charge < -0.3 is 9.84 Å². The zero-order valence-electron chi connectivity index (χ0n) is 13.4. The highest BCUT2D eigenvalue weighted by Gasteiger charge is 2.27. The SMILES string of the molecule is C=C(C)OC(=O)N(C[C@H](CC(C)C)C(=O)O)OCCCC. The second kappa shape index (κ2) is 10.2. The zero-order chi connectivity index (χ0) is 16.4.